The van der Waals surface area contributed by atoms with Gasteiger partial charge in [0.2, 0.25) is 0 Å². The Morgan fingerprint density at radius 2 is 2.10 bits per heavy atom. The molecule has 1 fully saturated rings. The molecule has 2 N–H and O–H groups in total. The van der Waals surface area contributed by atoms with Crippen LogP contribution in [0.15, 0.2) is 0 Å². The molecular formula is C7H16ClNS. The highest BCUT2D eigenvalue weighted by Gasteiger charge is 2.24. The Morgan fingerprint density at radius 1 is 1.50 bits per heavy atom. The Kier molecular flexibility index (Phi) is 5.59. The second-order valence-corrected chi connectivity index (χ2v) is 3.86. The lowest BCUT2D eigenvalue weighted by atomic mass is 9.79. The van der Waals surface area contributed by atoms with Crippen LogP contribution in [0.4, 0.5) is 0 Å². The standard InChI is InChI=1S/C7H15NS.ClH/c1-9-3-2-6-4-7(8)5-6;/h6-7H,2-5,8H2,1H3;1H. The topological polar surface area (TPSA) is 26.0 Å². The zero-order chi connectivity index (χ0) is 6.69. The molecule has 0 aliphatic heterocycles. The summed E-state index contributed by atoms with van der Waals surface area (Å²) in [5.41, 5.74) is 5.63. The molecule has 1 nitrogen and oxygen atoms in total. The van der Waals surface area contributed by atoms with Crippen molar-refractivity contribution in [3.05, 3.63) is 0 Å². The molecule has 0 aromatic heterocycles. The summed E-state index contributed by atoms with van der Waals surface area (Å²) in [6.07, 6.45) is 6.11. The van der Waals surface area contributed by atoms with Crippen molar-refractivity contribution in [1.29, 1.82) is 0 Å². The minimum Gasteiger partial charge on any atom is -0.328 e. The summed E-state index contributed by atoms with van der Waals surface area (Å²) in [6, 6.07) is 0.539. The number of nitrogens with two attached hydrogens (primary N) is 1. The molecule has 0 spiro atoms. The largest absolute Gasteiger partial charge is 0.328 e. The van der Waals surface area contributed by atoms with Gasteiger partial charge in [-0.25, -0.2) is 0 Å². The van der Waals surface area contributed by atoms with Crippen LogP contribution in [0.5, 0.6) is 0 Å². The van der Waals surface area contributed by atoms with Crippen LogP contribution in [-0.4, -0.2) is 18.1 Å². The smallest absolute Gasteiger partial charge is 0.00441 e. The van der Waals surface area contributed by atoms with Crippen LogP contribution in [0.3, 0.4) is 0 Å². The molecule has 1 saturated carbocycles. The van der Waals surface area contributed by atoms with Gasteiger partial charge < -0.3 is 5.73 Å². The highest BCUT2D eigenvalue weighted by atomic mass is 35.5. The van der Waals surface area contributed by atoms with Crippen molar-refractivity contribution in [2.75, 3.05) is 12.0 Å². The van der Waals surface area contributed by atoms with E-state index in [0.717, 1.165) is 5.92 Å². The first-order valence-corrected chi connectivity index (χ1v) is 4.97. The molecule has 1 rings (SSSR count). The number of hydrogen-bond acceptors (Lipinski definition) is 2. The predicted molar refractivity (Wildman–Crippen MR) is 50.9 cm³/mol. The lowest BCUT2D eigenvalue weighted by molar-refractivity contribution is 0.260. The van der Waals surface area contributed by atoms with E-state index >= 15 is 0 Å². The van der Waals surface area contributed by atoms with Gasteiger partial charge in [0.25, 0.3) is 0 Å². The molecule has 0 unspecified atom stereocenters. The van der Waals surface area contributed by atoms with Crippen LogP contribution < -0.4 is 5.73 Å². The number of hydrogen-bond donors (Lipinski definition) is 1. The van der Waals surface area contributed by atoms with Crippen molar-refractivity contribution in [1.82, 2.24) is 0 Å². The quantitative estimate of drug-likeness (QED) is 0.720. The summed E-state index contributed by atoms with van der Waals surface area (Å²) in [7, 11) is 0. The van der Waals surface area contributed by atoms with Crippen molar-refractivity contribution in [3.8, 4) is 0 Å². The molecule has 0 aromatic carbocycles. The molecule has 1 aliphatic carbocycles. The van der Waals surface area contributed by atoms with E-state index < -0.39 is 0 Å². The highest BCUT2D eigenvalue weighted by molar-refractivity contribution is 7.98. The van der Waals surface area contributed by atoms with Crippen molar-refractivity contribution >= 4 is 24.2 Å². The maximum atomic E-state index is 5.63. The first-order valence-electron chi connectivity index (χ1n) is 3.57. The van der Waals surface area contributed by atoms with E-state index in [2.05, 4.69) is 6.26 Å². The van der Waals surface area contributed by atoms with Gasteiger partial charge in [-0.1, -0.05) is 0 Å². The van der Waals surface area contributed by atoms with Gasteiger partial charge in [0.1, 0.15) is 0 Å². The molecule has 1 aliphatic rings. The molecule has 10 heavy (non-hydrogen) atoms. The molecule has 0 heterocycles. The third-order valence-corrected chi connectivity index (χ3v) is 2.65. The van der Waals surface area contributed by atoms with Gasteiger partial charge in [0.15, 0.2) is 0 Å². The molecule has 0 saturated heterocycles. The fourth-order valence-corrected chi connectivity index (χ4v) is 1.88. The first-order chi connectivity index (χ1) is 4.33. The Hall–Kier alpha value is 0.600. The molecular weight excluding hydrogens is 166 g/mol. The van der Waals surface area contributed by atoms with E-state index in [1.807, 2.05) is 11.8 Å². The van der Waals surface area contributed by atoms with Crippen molar-refractivity contribution < 1.29 is 0 Å². The lowest BCUT2D eigenvalue weighted by Crippen LogP contribution is -2.36. The summed E-state index contributed by atoms with van der Waals surface area (Å²) in [5.74, 6) is 2.28. The molecule has 0 aromatic rings. The third kappa shape index (κ3) is 3.13. The van der Waals surface area contributed by atoms with E-state index in [-0.39, 0.29) is 12.4 Å². The zero-order valence-corrected chi connectivity index (χ0v) is 8.01. The summed E-state index contributed by atoms with van der Waals surface area (Å²) in [6.45, 7) is 0. The molecule has 0 bridgehead atoms. The summed E-state index contributed by atoms with van der Waals surface area (Å²) in [5, 5.41) is 0. The lowest BCUT2D eigenvalue weighted by Gasteiger charge is -2.32. The van der Waals surface area contributed by atoms with Gasteiger partial charge in [-0.3, -0.25) is 0 Å². The minimum absolute atomic E-state index is 0. The Morgan fingerprint density at radius 3 is 2.50 bits per heavy atom. The Balaban J connectivity index is 0.000000810. The first kappa shape index (κ1) is 10.6. The van der Waals surface area contributed by atoms with E-state index in [1.165, 1.54) is 25.0 Å². The summed E-state index contributed by atoms with van der Waals surface area (Å²) >= 11 is 1.94. The Labute approximate surface area is 73.5 Å². The maximum absolute atomic E-state index is 5.63. The average molecular weight is 182 g/mol. The molecule has 62 valence electrons. The van der Waals surface area contributed by atoms with Crippen LogP contribution in [0.1, 0.15) is 19.3 Å². The van der Waals surface area contributed by atoms with Crippen molar-refractivity contribution in [2.45, 2.75) is 25.3 Å². The second-order valence-electron chi connectivity index (χ2n) is 2.88. The third-order valence-electron chi connectivity index (χ3n) is 2.00. The number of thioether (sulfide) groups is 1. The van der Waals surface area contributed by atoms with E-state index in [0.29, 0.717) is 6.04 Å². The van der Waals surface area contributed by atoms with Gasteiger partial charge in [-0.05, 0) is 37.2 Å². The van der Waals surface area contributed by atoms with Gasteiger partial charge in [0, 0.05) is 6.04 Å². The van der Waals surface area contributed by atoms with Crippen LogP contribution in [0.2, 0.25) is 0 Å². The monoisotopic (exact) mass is 181 g/mol. The van der Waals surface area contributed by atoms with E-state index in [9.17, 15) is 0 Å². The van der Waals surface area contributed by atoms with Crippen molar-refractivity contribution in [3.63, 3.8) is 0 Å². The minimum atomic E-state index is 0. The molecule has 0 amide bonds. The number of halogens is 1. The van der Waals surface area contributed by atoms with Gasteiger partial charge in [0.05, 0.1) is 0 Å². The predicted octanol–water partition coefficient (Wildman–Crippen LogP) is 1.90. The fraction of sp³-hybridized carbons (Fsp3) is 1.00. The van der Waals surface area contributed by atoms with Gasteiger partial charge in [-0.2, -0.15) is 11.8 Å². The average Bonchev–Trinajstić information content (AvgIpc) is 1.78. The van der Waals surface area contributed by atoms with Crippen LogP contribution >= 0.6 is 24.2 Å². The van der Waals surface area contributed by atoms with Crippen LogP contribution in [0, 0.1) is 5.92 Å². The fourth-order valence-electron chi connectivity index (χ4n) is 1.31. The highest BCUT2D eigenvalue weighted by Crippen LogP contribution is 2.29. The van der Waals surface area contributed by atoms with Crippen LogP contribution in [0.25, 0.3) is 0 Å². The summed E-state index contributed by atoms with van der Waals surface area (Å²) < 4.78 is 0. The summed E-state index contributed by atoms with van der Waals surface area (Å²) in [4.78, 5) is 0. The second kappa shape index (κ2) is 5.28. The maximum Gasteiger partial charge on any atom is 0.00441 e. The number of rotatable bonds is 3. The zero-order valence-electron chi connectivity index (χ0n) is 6.38. The van der Waals surface area contributed by atoms with Crippen molar-refractivity contribution in [2.24, 2.45) is 11.7 Å². The van der Waals surface area contributed by atoms with Gasteiger partial charge in [-0.15, -0.1) is 12.4 Å². The molecule has 0 radical (unpaired) electrons. The van der Waals surface area contributed by atoms with E-state index in [4.69, 9.17) is 5.73 Å². The normalized spacial score (nSPS) is 30.6. The van der Waals surface area contributed by atoms with Crippen LogP contribution in [-0.2, 0) is 0 Å². The molecule has 3 heteroatoms. The van der Waals surface area contributed by atoms with Gasteiger partial charge >= 0.3 is 0 Å². The Bertz CT molecular complexity index is 83.7. The van der Waals surface area contributed by atoms with E-state index in [1.54, 1.807) is 0 Å². The molecule has 0 atom stereocenters. The SMILES string of the molecule is CSCCC1CC(N)C1.Cl.